The Labute approximate surface area is 176 Å². The molecule has 4 rings (SSSR count). The number of carbonyl (C=O) groups excluding carboxylic acids is 1. The average Bonchev–Trinajstić information content (AvgIpc) is 3.18. The zero-order chi connectivity index (χ0) is 21.1. The van der Waals surface area contributed by atoms with Gasteiger partial charge in [-0.15, -0.1) is 5.10 Å². The molecule has 0 fully saturated rings. The average molecular weight is 423 g/mol. The van der Waals surface area contributed by atoms with Crippen molar-refractivity contribution in [3.63, 3.8) is 0 Å². The first kappa shape index (κ1) is 20.1. The topological polar surface area (TPSA) is 91.4 Å². The molecule has 30 heavy (non-hydrogen) atoms. The molecule has 0 aliphatic heterocycles. The summed E-state index contributed by atoms with van der Waals surface area (Å²) in [6.45, 7) is 4.47. The summed E-state index contributed by atoms with van der Waals surface area (Å²) >= 11 is 1.52. The molecule has 0 bridgehead atoms. The molecule has 0 unspecified atom stereocenters. The quantitative estimate of drug-likeness (QED) is 0.255. The van der Waals surface area contributed by atoms with Crippen LogP contribution in [0.3, 0.4) is 0 Å². The Morgan fingerprint density at radius 2 is 1.97 bits per heavy atom. The zero-order valence-corrected chi connectivity index (χ0v) is 17.6. The Morgan fingerprint density at radius 3 is 2.70 bits per heavy atom. The van der Waals surface area contributed by atoms with Gasteiger partial charge in [0.25, 0.3) is 11.3 Å². The first-order chi connectivity index (χ1) is 14.6. The minimum atomic E-state index is -0.362. The molecule has 0 aliphatic rings. The third kappa shape index (κ3) is 3.80. The number of unbranched alkanes of at least 4 members (excludes halogenated alkanes) is 1. The number of aromatic nitrogens is 5. The number of nitrogens with zero attached hydrogens (tertiary/aromatic N) is 5. The Hall–Kier alpha value is -3.20. The Bertz CT molecular complexity index is 1260. The molecule has 9 heteroatoms. The number of pyridine rings is 1. The molecular weight excluding hydrogens is 402 g/mol. The highest BCUT2D eigenvalue weighted by Crippen LogP contribution is 2.17. The van der Waals surface area contributed by atoms with Gasteiger partial charge in [-0.1, -0.05) is 32.0 Å². The fourth-order valence-corrected chi connectivity index (χ4v) is 3.59. The minimum Gasteiger partial charge on any atom is -0.462 e. The molecule has 0 aliphatic carbocycles. The molecule has 0 atom stereocenters. The van der Waals surface area contributed by atoms with Crippen molar-refractivity contribution in [1.29, 1.82) is 0 Å². The highest BCUT2D eigenvalue weighted by atomic mass is 32.2. The summed E-state index contributed by atoms with van der Waals surface area (Å²) in [5.41, 5.74) is 1.52. The molecule has 4 aromatic rings. The molecule has 0 spiro atoms. The van der Waals surface area contributed by atoms with Gasteiger partial charge < -0.3 is 4.74 Å². The van der Waals surface area contributed by atoms with Crippen molar-refractivity contribution in [1.82, 2.24) is 24.1 Å². The summed E-state index contributed by atoms with van der Waals surface area (Å²) in [4.78, 5) is 33.8. The summed E-state index contributed by atoms with van der Waals surface area (Å²) in [5, 5.41) is 5.51. The molecule has 0 radical (unpaired) electrons. The summed E-state index contributed by atoms with van der Waals surface area (Å²) < 4.78 is 8.33. The number of fused-ring (bicyclic) bond motifs is 3. The van der Waals surface area contributed by atoms with Gasteiger partial charge in [0.15, 0.2) is 0 Å². The van der Waals surface area contributed by atoms with Gasteiger partial charge in [0.1, 0.15) is 0 Å². The van der Waals surface area contributed by atoms with Gasteiger partial charge in [-0.05, 0) is 42.5 Å². The van der Waals surface area contributed by atoms with Gasteiger partial charge in [-0.3, -0.25) is 9.36 Å². The van der Waals surface area contributed by atoms with Gasteiger partial charge in [0, 0.05) is 18.1 Å². The molecule has 154 valence electrons. The summed E-state index contributed by atoms with van der Waals surface area (Å²) in [7, 11) is 0. The van der Waals surface area contributed by atoms with Crippen molar-refractivity contribution in [2.24, 2.45) is 0 Å². The third-order valence-corrected chi connectivity index (χ3v) is 5.32. The van der Waals surface area contributed by atoms with Crippen LogP contribution in [-0.4, -0.2) is 42.5 Å². The predicted molar refractivity (Wildman–Crippen MR) is 115 cm³/mol. The fraction of sp³-hybridized carbons (Fsp3) is 0.286. The molecule has 0 amide bonds. The van der Waals surface area contributed by atoms with E-state index in [0.717, 1.165) is 18.6 Å². The molecular formula is C21H21N5O3S. The van der Waals surface area contributed by atoms with Crippen LogP contribution in [0, 0.1) is 0 Å². The second-order valence-electron chi connectivity index (χ2n) is 6.62. The fourth-order valence-electron chi connectivity index (χ4n) is 3.05. The normalized spacial score (nSPS) is 11.3. The standard InChI is InChI=1S/C21H21N5O3S/c1-3-5-12-29-19(28)14-6-8-15(9-7-14)25-11-10-17-16(18(25)27)13-22-20-23-21(30-4-2)24-26(17)20/h6-11,13H,3-5,12H2,1-2H3. The predicted octanol–water partition coefficient (Wildman–Crippen LogP) is 3.50. The number of carbonyl (C=O) groups is 1. The number of esters is 1. The lowest BCUT2D eigenvalue weighted by Gasteiger charge is -2.09. The number of ether oxygens (including phenoxy) is 1. The maximum absolute atomic E-state index is 13.1. The summed E-state index contributed by atoms with van der Waals surface area (Å²) in [6, 6.07) is 8.58. The van der Waals surface area contributed by atoms with Crippen LogP contribution in [0.15, 0.2) is 52.7 Å². The molecule has 8 nitrogen and oxygen atoms in total. The van der Waals surface area contributed by atoms with E-state index < -0.39 is 0 Å². The van der Waals surface area contributed by atoms with E-state index in [-0.39, 0.29) is 11.5 Å². The van der Waals surface area contributed by atoms with Gasteiger partial charge in [0.2, 0.25) is 5.16 Å². The van der Waals surface area contributed by atoms with Crippen LogP contribution in [0.25, 0.3) is 22.4 Å². The summed E-state index contributed by atoms with van der Waals surface area (Å²) in [6.07, 6.45) is 5.01. The van der Waals surface area contributed by atoms with Crippen LogP contribution in [0.4, 0.5) is 0 Å². The highest BCUT2D eigenvalue weighted by Gasteiger charge is 2.13. The SMILES string of the molecule is CCCCOC(=O)c1ccc(-n2ccc3c(cnc4nc(SCC)nn43)c2=O)cc1. The lowest BCUT2D eigenvalue weighted by Crippen LogP contribution is -2.19. The van der Waals surface area contributed by atoms with Crippen LogP contribution < -0.4 is 5.56 Å². The van der Waals surface area contributed by atoms with E-state index in [4.69, 9.17) is 4.74 Å². The lowest BCUT2D eigenvalue weighted by atomic mass is 10.2. The van der Waals surface area contributed by atoms with Gasteiger partial charge in [-0.25, -0.2) is 9.78 Å². The van der Waals surface area contributed by atoms with Crippen molar-refractivity contribution in [3.8, 4) is 5.69 Å². The zero-order valence-electron chi connectivity index (χ0n) is 16.7. The van der Waals surface area contributed by atoms with Crippen molar-refractivity contribution < 1.29 is 9.53 Å². The number of rotatable bonds is 7. The number of thioether (sulfide) groups is 1. The number of benzene rings is 1. The van der Waals surface area contributed by atoms with Crippen molar-refractivity contribution in [3.05, 3.63) is 58.6 Å². The van der Waals surface area contributed by atoms with E-state index in [0.29, 0.717) is 39.7 Å². The smallest absolute Gasteiger partial charge is 0.338 e. The Kier molecular flexibility index (Phi) is 5.80. The van der Waals surface area contributed by atoms with Crippen LogP contribution in [0.5, 0.6) is 0 Å². The van der Waals surface area contributed by atoms with Crippen LogP contribution in [-0.2, 0) is 4.74 Å². The number of hydrogen-bond acceptors (Lipinski definition) is 7. The monoisotopic (exact) mass is 423 g/mol. The molecule has 0 saturated carbocycles. The van der Waals surface area contributed by atoms with Crippen molar-refractivity contribution >= 4 is 34.4 Å². The number of hydrogen-bond donors (Lipinski definition) is 0. The van der Waals surface area contributed by atoms with Crippen LogP contribution in [0.2, 0.25) is 0 Å². The maximum atomic E-state index is 13.1. The minimum absolute atomic E-state index is 0.222. The highest BCUT2D eigenvalue weighted by molar-refractivity contribution is 7.99. The molecule has 3 heterocycles. The van der Waals surface area contributed by atoms with E-state index in [9.17, 15) is 9.59 Å². The third-order valence-electron chi connectivity index (χ3n) is 4.60. The van der Waals surface area contributed by atoms with Crippen molar-refractivity contribution in [2.75, 3.05) is 12.4 Å². The molecule has 0 saturated heterocycles. The molecule has 3 aromatic heterocycles. The van der Waals surface area contributed by atoms with Crippen LogP contribution in [0.1, 0.15) is 37.0 Å². The lowest BCUT2D eigenvalue weighted by molar-refractivity contribution is 0.0500. The van der Waals surface area contributed by atoms with Crippen molar-refractivity contribution in [2.45, 2.75) is 31.8 Å². The molecule has 0 N–H and O–H groups in total. The van der Waals surface area contributed by atoms with Crippen LogP contribution >= 0.6 is 11.8 Å². The second kappa shape index (κ2) is 8.66. The van der Waals surface area contributed by atoms with E-state index in [1.54, 1.807) is 35.0 Å². The van der Waals surface area contributed by atoms with Gasteiger partial charge in [0.05, 0.1) is 23.1 Å². The second-order valence-corrected chi connectivity index (χ2v) is 7.85. The van der Waals surface area contributed by atoms with E-state index in [2.05, 4.69) is 15.1 Å². The van der Waals surface area contributed by atoms with E-state index >= 15 is 0 Å². The maximum Gasteiger partial charge on any atom is 0.338 e. The first-order valence-electron chi connectivity index (χ1n) is 9.80. The van der Waals surface area contributed by atoms with Gasteiger partial charge >= 0.3 is 5.97 Å². The molecule has 1 aromatic carbocycles. The van der Waals surface area contributed by atoms with Gasteiger partial charge in [-0.2, -0.15) is 9.50 Å². The Morgan fingerprint density at radius 1 is 1.17 bits per heavy atom. The summed E-state index contributed by atoms with van der Waals surface area (Å²) in [5.74, 6) is 0.949. The largest absolute Gasteiger partial charge is 0.462 e. The van der Waals surface area contributed by atoms with E-state index in [1.165, 1.54) is 22.5 Å². The Balaban J connectivity index is 1.67. The van der Waals surface area contributed by atoms with E-state index in [1.807, 2.05) is 19.9 Å². The first-order valence-corrected chi connectivity index (χ1v) is 10.8.